The molecule has 3 rings (SSSR count). The van der Waals surface area contributed by atoms with E-state index in [1.807, 2.05) is 12.1 Å². The topological polar surface area (TPSA) is 63.9 Å². The summed E-state index contributed by atoms with van der Waals surface area (Å²) in [5.74, 6) is 0.795. The van der Waals surface area contributed by atoms with Gasteiger partial charge in [0.2, 0.25) is 5.78 Å². The summed E-state index contributed by atoms with van der Waals surface area (Å²) in [4.78, 5) is 18.1. The molecule has 0 spiro atoms. The van der Waals surface area contributed by atoms with Crippen LogP contribution in [0.4, 0.5) is 0 Å². The zero-order valence-corrected chi connectivity index (χ0v) is 15.3. The molecule has 1 aromatic carbocycles. The smallest absolute Gasteiger partial charge is 0.231 e. The van der Waals surface area contributed by atoms with Crippen LogP contribution in [0.15, 0.2) is 42.4 Å². The Kier molecular flexibility index (Phi) is 5.68. The molecule has 0 fully saturated rings. The van der Waals surface area contributed by atoms with E-state index >= 15 is 0 Å². The monoisotopic (exact) mass is 353 g/mol. The van der Waals surface area contributed by atoms with Gasteiger partial charge in [-0.25, -0.2) is 0 Å². The highest BCUT2D eigenvalue weighted by Crippen LogP contribution is 2.39. The van der Waals surface area contributed by atoms with Gasteiger partial charge in [-0.15, -0.1) is 0 Å². The summed E-state index contributed by atoms with van der Waals surface area (Å²) in [5, 5.41) is 10.4. The average molecular weight is 353 g/mol. The Labute approximate surface area is 153 Å². The first-order valence-electron chi connectivity index (χ1n) is 9.16. The van der Waals surface area contributed by atoms with Crippen molar-refractivity contribution in [3.8, 4) is 11.5 Å². The van der Waals surface area contributed by atoms with Crippen molar-refractivity contribution in [2.45, 2.75) is 33.2 Å². The predicted octanol–water partition coefficient (Wildman–Crippen LogP) is 2.61. The van der Waals surface area contributed by atoms with Crippen LogP contribution in [0.1, 0.15) is 48.2 Å². The van der Waals surface area contributed by atoms with Crippen molar-refractivity contribution in [1.29, 1.82) is 0 Å². The first-order chi connectivity index (χ1) is 12.6. The minimum Gasteiger partial charge on any atom is -0.507 e. The fourth-order valence-corrected chi connectivity index (χ4v) is 3.34. The lowest BCUT2D eigenvalue weighted by Gasteiger charge is -2.19. The summed E-state index contributed by atoms with van der Waals surface area (Å²) < 4.78 is 5.90. The molecule has 0 saturated heterocycles. The lowest BCUT2D eigenvalue weighted by molar-refractivity contribution is -0.914. The molecule has 0 bridgehead atoms. The summed E-state index contributed by atoms with van der Waals surface area (Å²) in [5.41, 5.74) is 2.03. The van der Waals surface area contributed by atoms with E-state index in [4.69, 9.17) is 4.74 Å². The summed E-state index contributed by atoms with van der Waals surface area (Å²) in [6, 6.07) is 6.91. The van der Waals surface area contributed by atoms with Gasteiger partial charge in [0.25, 0.3) is 0 Å². The third-order valence-electron chi connectivity index (χ3n) is 4.53. The predicted molar refractivity (Wildman–Crippen MR) is 100 cm³/mol. The molecule has 136 valence electrons. The van der Waals surface area contributed by atoms with Gasteiger partial charge in [0, 0.05) is 12.4 Å². The standard InChI is InChI=1S/C21H24N2O3/c1-3-10-23(11-4-2)14-17-18(24)8-7-16-20(25)19(26-21(16)17)12-15-6-5-9-22-13-15/h5-9,12-13,24H,3-4,10-11,14H2,1-2H3/p+1/b19-12-. The van der Waals surface area contributed by atoms with Gasteiger partial charge in [-0.3, -0.25) is 9.78 Å². The van der Waals surface area contributed by atoms with Gasteiger partial charge in [0.1, 0.15) is 12.3 Å². The highest BCUT2D eigenvalue weighted by molar-refractivity contribution is 6.14. The Bertz CT molecular complexity index is 810. The van der Waals surface area contributed by atoms with Gasteiger partial charge in [-0.1, -0.05) is 19.9 Å². The Morgan fingerprint density at radius 2 is 1.96 bits per heavy atom. The van der Waals surface area contributed by atoms with E-state index in [-0.39, 0.29) is 17.3 Å². The normalized spacial score (nSPS) is 14.7. The molecule has 1 aliphatic heterocycles. The summed E-state index contributed by atoms with van der Waals surface area (Å²) in [6.45, 7) is 6.98. The maximum Gasteiger partial charge on any atom is 0.231 e. The number of phenols is 1. The SMILES string of the molecule is CCC[NH+](CCC)Cc1c(O)ccc2c1O/C(=C\c1cccnc1)C2=O. The molecule has 0 saturated carbocycles. The van der Waals surface area contributed by atoms with Gasteiger partial charge < -0.3 is 14.7 Å². The van der Waals surface area contributed by atoms with E-state index in [1.165, 1.54) is 4.90 Å². The number of aromatic nitrogens is 1. The number of carbonyl (C=O) groups is 1. The van der Waals surface area contributed by atoms with Crippen LogP contribution >= 0.6 is 0 Å². The van der Waals surface area contributed by atoms with Crippen LogP contribution in [0.25, 0.3) is 6.08 Å². The van der Waals surface area contributed by atoms with Crippen molar-refractivity contribution < 1.29 is 19.5 Å². The number of hydrogen-bond acceptors (Lipinski definition) is 4. The molecule has 2 aromatic rings. The van der Waals surface area contributed by atoms with Crippen LogP contribution in [0.3, 0.4) is 0 Å². The number of phenolic OH excluding ortho intramolecular Hbond substituents is 1. The Morgan fingerprint density at radius 1 is 1.19 bits per heavy atom. The summed E-state index contributed by atoms with van der Waals surface area (Å²) >= 11 is 0. The van der Waals surface area contributed by atoms with Crippen LogP contribution in [0.2, 0.25) is 0 Å². The highest BCUT2D eigenvalue weighted by atomic mass is 16.5. The van der Waals surface area contributed by atoms with E-state index in [2.05, 4.69) is 18.8 Å². The quantitative estimate of drug-likeness (QED) is 0.751. The second-order valence-electron chi connectivity index (χ2n) is 6.59. The van der Waals surface area contributed by atoms with Crippen LogP contribution in [0, 0.1) is 0 Å². The lowest BCUT2D eigenvalue weighted by Crippen LogP contribution is -3.10. The zero-order valence-electron chi connectivity index (χ0n) is 15.3. The highest BCUT2D eigenvalue weighted by Gasteiger charge is 2.32. The van der Waals surface area contributed by atoms with Gasteiger partial charge in [0.05, 0.1) is 24.2 Å². The van der Waals surface area contributed by atoms with Gasteiger partial charge in [-0.05, 0) is 42.7 Å². The van der Waals surface area contributed by atoms with E-state index in [9.17, 15) is 9.90 Å². The van der Waals surface area contributed by atoms with E-state index < -0.39 is 0 Å². The number of ether oxygens (including phenoxy) is 1. The zero-order chi connectivity index (χ0) is 18.5. The fourth-order valence-electron chi connectivity index (χ4n) is 3.34. The molecule has 2 heterocycles. The number of benzene rings is 1. The summed E-state index contributed by atoms with van der Waals surface area (Å²) in [6.07, 6.45) is 7.19. The van der Waals surface area contributed by atoms with E-state index in [0.717, 1.165) is 31.5 Å². The second-order valence-corrected chi connectivity index (χ2v) is 6.59. The number of ketones is 1. The van der Waals surface area contributed by atoms with Crippen LogP contribution in [-0.4, -0.2) is 29.0 Å². The fraction of sp³-hybridized carbons (Fsp3) is 0.333. The Morgan fingerprint density at radius 3 is 2.62 bits per heavy atom. The number of fused-ring (bicyclic) bond motifs is 1. The number of nitrogens with one attached hydrogen (secondary N) is 1. The van der Waals surface area contributed by atoms with E-state index in [1.54, 1.807) is 30.6 Å². The Balaban J connectivity index is 1.93. The molecule has 0 aliphatic carbocycles. The molecule has 5 nitrogen and oxygen atoms in total. The first kappa shape index (κ1) is 18.1. The van der Waals surface area contributed by atoms with Crippen molar-refractivity contribution in [1.82, 2.24) is 4.98 Å². The van der Waals surface area contributed by atoms with E-state index in [0.29, 0.717) is 23.4 Å². The number of rotatable bonds is 7. The lowest BCUT2D eigenvalue weighted by atomic mass is 10.0. The van der Waals surface area contributed by atoms with Crippen LogP contribution in [0.5, 0.6) is 11.5 Å². The molecule has 0 amide bonds. The van der Waals surface area contributed by atoms with Crippen molar-refractivity contribution in [3.63, 3.8) is 0 Å². The van der Waals surface area contributed by atoms with Crippen molar-refractivity contribution in [2.75, 3.05) is 13.1 Å². The van der Waals surface area contributed by atoms with Gasteiger partial charge in [-0.2, -0.15) is 0 Å². The number of carbonyl (C=O) groups excluding carboxylic acids is 1. The minimum absolute atomic E-state index is 0.155. The molecular weight excluding hydrogens is 328 g/mol. The average Bonchev–Trinajstić information content (AvgIpc) is 2.95. The molecule has 2 N–H and O–H groups in total. The maximum atomic E-state index is 12.7. The largest absolute Gasteiger partial charge is 0.507 e. The molecule has 26 heavy (non-hydrogen) atoms. The van der Waals surface area contributed by atoms with Crippen LogP contribution in [-0.2, 0) is 6.54 Å². The molecular formula is C21H25N2O3+. The summed E-state index contributed by atoms with van der Waals surface area (Å²) in [7, 11) is 0. The number of Topliss-reactive ketones (excluding diaryl/α,β-unsaturated/α-hetero) is 1. The maximum absolute atomic E-state index is 12.7. The Hall–Kier alpha value is -2.66. The van der Waals surface area contributed by atoms with Crippen molar-refractivity contribution in [2.24, 2.45) is 0 Å². The molecule has 0 radical (unpaired) electrons. The second kappa shape index (κ2) is 8.15. The van der Waals surface area contributed by atoms with Gasteiger partial charge >= 0.3 is 0 Å². The molecule has 5 heteroatoms. The first-order valence-corrected chi connectivity index (χ1v) is 9.16. The number of pyridine rings is 1. The number of quaternary nitrogens is 1. The third-order valence-corrected chi connectivity index (χ3v) is 4.53. The minimum atomic E-state index is -0.155. The van der Waals surface area contributed by atoms with Crippen molar-refractivity contribution in [3.05, 3.63) is 59.1 Å². The number of allylic oxidation sites excluding steroid dienone is 1. The third kappa shape index (κ3) is 3.78. The molecule has 1 aliphatic rings. The number of nitrogens with zero attached hydrogens (tertiary/aromatic N) is 1. The number of aromatic hydroxyl groups is 1. The molecule has 0 atom stereocenters. The molecule has 0 unspecified atom stereocenters. The van der Waals surface area contributed by atoms with Crippen molar-refractivity contribution >= 4 is 11.9 Å². The molecule has 1 aromatic heterocycles. The van der Waals surface area contributed by atoms with Crippen LogP contribution < -0.4 is 9.64 Å². The number of hydrogen-bond donors (Lipinski definition) is 2. The van der Waals surface area contributed by atoms with Gasteiger partial charge in [0.15, 0.2) is 11.5 Å².